The molecule has 0 aliphatic rings. The second kappa shape index (κ2) is 11.2. The van der Waals surface area contributed by atoms with E-state index < -0.39 is 0 Å². The molecule has 1 unspecified atom stereocenters. The van der Waals surface area contributed by atoms with Crippen molar-refractivity contribution in [1.29, 1.82) is 0 Å². The van der Waals surface area contributed by atoms with Crippen LogP contribution in [0.4, 0.5) is 0 Å². The van der Waals surface area contributed by atoms with Crippen molar-refractivity contribution in [1.82, 2.24) is 4.90 Å². The van der Waals surface area contributed by atoms with Crippen molar-refractivity contribution >= 4 is 5.97 Å². The zero-order valence-electron chi connectivity index (χ0n) is 18.8. The molecule has 0 bridgehead atoms. The lowest BCUT2D eigenvalue weighted by Crippen LogP contribution is -2.38. The van der Waals surface area contributed by atoms with Crippen LogP contribution in [0, 0.1) is 12.0 Å². The summed E-state index contributed by atoms with van der Waals surface area (Å²) >= 11 is 0. The third-order valence-electron chi connectivity index (χ3n) is 5.32. The van der Waals surface area contributed by atoms with E-state index in [4.69, 9.17) is 4.74 Å². The third-order valence-corrected chi connectivity index (χ3v) is 5.32. The summed E-state index contributed by atoms with van der Waals surface area (Å²) in [5, 5.41) is 0. The van der Waals surface area contributed by atoms with Gasteiger partial charge in [0.2, 0.25) is 0 Å². The van der Waals surface area contributed by atoms with Gasteiger partial charge in [0.25, 0.3) is 0 Å². The Morgan fingerprint density at radius 1 is 1.00 bits per heavy atom. The molecule has 1 radical (unpaired) electrons. The van der Waals surface area contributed by atoms with E-state index >= 15 is 0 Å². The fourth-order valence-electron chi connectivity index (χ4n) is 3.72. The summed E-state index contributed by atoms with van der Waals surface area (Å²) in [6.45, 7) is 14.1. The van der Waals surface area contributed by atoms with Gasteiger partial charge in [0.05, 0.1) is 5.92 Å². The van der Waals surface area contributed by atoms with Crippen LogP contribution in [0.15, 0.2) is 48.5 Å². The Kier molecular flexibility index (Phi) is 8.91. The highest BCUT2D eigenvalue weighted by molar-refractivity contribution is 5.71. The van der Waals surface area contributed by atoms with Crippen molar-refractivity contribution in [2.45, 2.75) is 72.6 Å². The number of benzene rings is 2. The maximum Gasteiger partial charge on any atom is 0.308 e. The molecule has 0 amide bonds. The van der Waals surface area contributed by atoms with E-state index in [1.165, 1.54) is 5.56 Å². The molecule has 0 spiro atoms. The first-order valence-electron chi connectivity index (χ1n) is 10.8. The fraction of sp³-hybridized carbons (Fsp3) is 0.500. The molecule has 0 aromatic heterocycles. The molecule has 0 saturated heterocycles. The summed E-state index contributed by atoms with van der Waals surface area (Å²) in [7, 11) is 0. The lowest BCUT2D eigenvalue weighted by atomic mass is 9.87. The highest BCUT2D eigenvalue weighted by Gasteiger charge is 2.19. The average Bonchev–Trinajstić information content (AvgIpc) is 2.69. The second-order valence-electron chi connectivity index (χ2n) is 8.59. The minimum absolute atomic E-state index is 0.111. The monoisotopic (exact) mass is 394 g/mol. The summed E-state index contributed by atoms with van der Waals surface area (Å²) < 4.78 is 5.43. The van der Waals surface area contributed by atoms with Crippen LogP contribution in [0.5, 0.6) is 0 Å². The van der Waals surface area contributed by atoms with Gasteiger partial charge in [0.1, 0.15) is 6.61 Å². The van der Waals surface area contributed by atoms with Crippen LogP contribution in [-0.4, -0.2) is 29.5 Å². The van der Waals surface area contributed by atoms with Crippen LogP contribution < -0.4 is 0 Å². The molecule has 2 aromatic carbocycles. The molecule has 157 valence electrons. The molecule has 3 heteroatoms. The van der Waals surface area contributed by atoms with Crippen LogP contribution in [0.1, 0.15) is 70.6 Å². The largest absolute Gasteiger partial charge is 0.461 e. The maximum absolute atomic E-state index is 11.8. The smallest absolute Gasteiger partial charge is 0.308 e. The zero-order chi connectivity index (χ0) is 21.4. The summed E-state index contributed by atoms with van der Waals surface area (Å²) in [4.78, 5) is 14.4. The predicted molar refractivity (Wildman–Crippen MR) is 120 cm³/mol. The van der Waals surface area contributed by atoms with Gasteiger partial charge < -0.3 is 4.74 Å². The number of nitrogens with zero attached hydrogens (tertiary/aromatic N) is 1. The lowest BCUT2D eigenvalue weighted by molar-refractivity contribution is -0.148. The minimum atomic E-state index is -0.163. The number of hydrogen-bond donors (Lipinski definition) is 0. The van der Waals surface area contributed by atoms with E-state index in [1.807, 2.05) is 26.0 Å². The number of rotatable bonds is 10. The highest BCUT2D eigenvalue weighted by atomic mass is 16.5. The Labute approximate surface area is 177 Å². The summed E-state index contributed by atoms with van der Waals surface area (Å²) in [5.74, 6) is -0.0136. The van der Waals surface area contributed by atoms with Gasteiger partial charge in [0, 0.05) is 18.0 Å². The normalized spacial score (nSPS) is 12.8. The van der Waals surface area contributed by atoms with E-state index in [1.54, 1.807) is 0 Å². The molecule has 2 rings (SSSR count). The summed E-state index contributed by atoms with van der Waals surface area (Å²) in [5.41, 5.74) is 3.47. The SMILES string of the molecule is CC(C)C(=O)OCc1cc[c]c(C(CCN(C(C)C)C(C)C)c2ccccc2)c1. The molecular formula is C26H36NO2. The molecule has 0 saturated carbocycles. The predicted octanol–water partition coefficient (Wildman–Crippen LogP) is 5.83. The van der Waals surface area contributed by atoms with E-state index in [0.717, 1.165) is 24.1 Å². The molecule has 29 heavy (non-hydrogen) atoms. The fourth-order valence-corrected chi connectivity index (χ4v) is 3.72. The van der Waals surface area contributed by atoms with Gasteiger partial charge in [-0.2, -0.15) is 0 Å². The average molecular weight is 395 g/mol. The lowest BCUT2D eigenvalue weighted by Gasteiger charge is -2.32. The van der Waals surface area contributed by atoms with Gasteiger partial charge in [-0.3, -0.25) is 9.69 Å². The van der Waals surface area contributed by atoms with Crippen LogP contribution >= 0.6 is 0 Å². The van der Waals surface area contributed by atoms with Crippen LogP contribution in [0.2, 0.25) is 0 Å². The van der Waals surface area contributed by atoms with Crippen LogP contribution in [-0.2, 0) is 16.1 Å². The van der Waals surface area contributed by atoms with Gasteiger partial charge in [-0.05, 0) is 63.4 Å². The molecule has 3 nitrogen and oxygen atoms in total. The van der Waals surface area contributed by atoms with Gasteiger partial charge in [-0.25, -0.2) is 0 Å². The Morgan fingerprint density at radius 2 is 1.66 bits per heavy atom. The summed E-state index contributed by atoms with van der Waals surface area (Å²) in [6, 6.07) is 21.2. The van der Waals surface area contributed by atoms with E-state index in [0.29, 0.717) is 18.7 Å². The number of carbonyl (C=O) groups excluding carboxylic acids is 1. The van der Waals surface area contributed by atoms with E-state index in [2.05, 4.69) is 75.1 Å². The Bertz CT molecular complexity index is 744. The Hall–Kier alpha value is -2.13. The van der Waals surface area contributed by atoms with Crippen LogP contribution in [0.25, 0.3) is 0 Å². The molecule has 0 fully saturated rings. The molecule has 2 aromatic rings. The first-order chi connectivity index (χ1) is 13.8. The zero-order valence-corrected chi connectivity index (χ0v) is 18.8. The van der Waals surface area contributed by atoms with Crippen molar-refractivity contribution in [3.05, 3.63) is 71.3 Å². The number of hydrogen-bond acceptors (Lipinski definition) is 3. The minimum Gasteiger partial charge on any atom is -0.461 e. The topological polar surface area (TPSA) is 29.5 Å². The first-order valence-corrected chi connectivity index (χ1v) is 10.8. The van der Waals surface area contributed by atoms with Crippen molar-refractivity contribution in [2.24, 2.45) is 5.92 Å². The maximum atomic E-state index is 11.8. The van der Waals surface area contributed by atoms with Crippen molar-refractivity contribution in [3.8, 4) is 0 Å². The number of ether oxygens (including phenoxy) is 1. The molecular weight excluding hydrogens is 358 g/mol. The van der Waals surface area contributed by atoms with E-state index in [9.17, 15) is 4.79 Å². The number of carbonyl (C=O) groups is 1. The first kappa shape index (κ1) is 23.2. The third kappa shape index (κ3) is 7.01. The van der Waals surface area contributed by atoms with Gasteiger partial charge >= 0.3 is 5.97 Å². The summed E-state index contributed by atoms with van der Waals surface area (Å²) in [6.07, 6.45) is 1.02. The van der Waals surface area contributed by atoms with Crippen LogP contribution in [0.3, 0.4) is 0 Å². The molecule has 0 heterocycles. The van der Waals surface area contributed by atoms with Gasteiger partial charge in [-0.15, -0.1) is 0 Å². The van der Waals surface area contributed by atoms with Gasteiger partial charge in [-0.1, -0.05) is 62.4 Å². The molecule has 0 N–H and O–H groups in total. The number of esters is 1. The second-order valence-corrected chi connectivity index (χ2v) is 8.59. The quantitative estimate of drug-likeness (QED) is 0.475. The molecule has 0 aliphatic carbocycles. The molecule has 1 atom stereocenters. The van der Waals surface area contributed by atoms with Crippen molar-refractivity contribution in [2.75, 3.05) is 6.54 Å². The van der Waals surface area contributed by atoms with Crippen molar-refractivity contribution < 1.29 is 9.53 Å². The Balaban J connectivity index is 2.23. The van der Waals surface area contributed by atoms with Gasteiger partial charge in [0.15, 0.2) is 0 Å². The standard InChI is InChI=1S/C26H36NO2/c1-19(2)26(28)29-18-22-11-10-14-24(17-22)25(23-12-8-7-9-13-23)15-16-27(20(3)4)21(5)6/h7-13,17,19-21,25H,15-16,18H2,1-6H3. The molecule has 0 aliphatic heterocycles. The van der Waals surface area contributed by atoms with E-state index in [-0.39, 0.29) is 17.8 Å². The Morgan fingerprint density at radius 3 is 2.24 bits per heavy atom. The van der Waals surface area contributed by atoms with Crippen molar-refractivity contribution in [3.63, 3.8) is 0 Å². The highest BCUT2D eigenvalue weighted by Crippen LogP contribution is 2.29.